The number of aromatic nitrogens is 4. The van der Waals surface area contributed by atoms with E-state index in [1.807, 2.05) is 72.8 Å². The first-order valence-electron chi connectivity index (χ1n) is 12.9. The van der Waals surface area contributed by atoms with Crippen LogP contribution in [-0.4, -0.2) is 19.9 Å². The Hall–Kier alpha value is -5.72. The van der Waals surface area contributed by atoms with Crippen molar-refractivity contribution in [3.8, 4) is 34.7 Å². The van der Waals surface area contributed by atoms with Crippen molar-refractivity contribution in [2.75, 3.05) is 0 Å². The summed E-state index contributed by atoms with van der Waals surface area (Å²) in [6.45, 7) is 4.11. The van der Waals surface area contributed by atoms with Gasteiger partial charge in [-0.05, 0) is 49.2 Å². The minimum absolute atomic E-state index is 0.419. The van der Waals surface area contributed by atoms with Crippen LogP contribution in [0.5, 0.6) is 0 Å². The number of nitrogens with zero attached hydrogens (tertiary/aromatic N) is 4. The maximum absolute atomic E-state index is 10.5. The highest BCUT2D eigenvalue weighted by Crippen LogP contribution is 2.34. The van der Waals surface area contributed by atoms with E-state index in [4.69, 9.17) is 0 Å². The molecule has 0 unspecified atom stereocenters. The second-order valence-electron chi connectivity index (χ2n) is 9.53. The van der Waals surface area contributed by atoms with E-state index in [0.29, 0.717) is 33.2 Å². The molecule has 6 aromatic rings. The Kier molecular flexibility index (Phi) is 6.28. The summed E-state index contributed by atoms with van der Waals surface area (Å²) < 4.78 is 0. The molecule has 0 spiro atoms. The number of nitrogens with one attached hydrogen (secondary N) is 2. The van der Waals surface area contributed by atoms with E-state index in [2.05, 4.69) is 58.1 Å². The highest BCUT2D eigenvalue weighted by molar-refractivity contribution is 6.08. The third-order valence-electron chi connectivity index (χ3n) is 7.14. The van der Waals surface area contributed by atoms with Gasteiger partial charge in [-0.25, -0.2) is 0 Å². The summed E-state index contributed by atoms with van der Waals surface area (Å²) in [5, 5.41) is 23.9. The van der Waals surface area contributed by atoms with Crippen molar-refractivity contribution < 1.29 is 0 Å². The van der Waals surface area contributed by atoms with Crippen LogP contribution in [0.4, 0.5) is 0 Å². The first kappa shape index (κ1) is 24.6. The zero-order chi connectivity index (χ0) is 27.6. The summed E-state index contributed by atoms with van der Waals surface area (Å²) in [7, 11) is 0. The highest BCUT2D eigenvalue weighted by Gasteiger charge is 2.23. The summed E-state index contributed by atoms with van der Waals surface area (Å²) in [5.41, 5.74) is 7.70. The molecule has 2 N–H and O–H groups in total. The summed E-state index contributed by atoms with van der Waals surface area (Å²) in [4.78, 5) is 16.2. The number of nitriles is 2. The lowest BCUT2D eigenvalue weighted by atomic mass is 10.00. The lowest BCUT2D eigenvalue weighted by molar-refractivity contribution is 1.23. The summed E-state index contributed by atoms with van der Waals surface area (Å²) in [5.74, 6) is 0. The van der Waals surface area contributed by atoms with Gasteiger partial charge < -0.3 is 9.97 Å². The Morgan fingerprint density at radius 3 is 1.32 bits per heavy atom. The summed E-state index contributed by atoms with van der Waals surface area (Å²) in [6.07, 6.45) is 3.37. The standard InChI is InChI=1S/C34H24N6/c1-21-11-3-5-13-23(21)31-29-30(34(39-31)26(20-36)28-16-8-10-18-38-28)32(24-14-6-4-12-22(24)2)40-33(29)25(19-35)27-15-7-9-17-37-27/h3-18,39-40H,1-2H3. The molecule has 0 aliphatic rings. The van der Waals surface area contributed by atoms with Crippen LogP contribution < -0.4 is 10.7 Å². The maximum Gasteiger partial charge on any atom is 0.104 e. The molecule has 0 radical (unpaired) electrons. The number of hydrogen-bond acceptors (Lipinski definition) is 4. The van der Waals surface area contributed by atoms with Gasteiger partial charge in [0, 0.05) is 34.3 Å². The Morgan fingerprint density at radius 1 is 0.575 bits per heavy atom. The van der Waals surface area contributed by atoms with E-state index in [0.717, 1.165) is 44.4 Å². The van der Waals surface area contributed by atoms with Crippen LogP contribution in [-0.2, 0) is 0 Å². The summed E-state index contributed by atoms with van der Waals surface area (Å²) >= 11 is 0. The quantitative estimate of drug-likeness (QED) is 0.314. The first-order chi connectivity index (χ1) is 19.6. The summed E-state index contributed by atoms with van der Waals surface area (Å²) in [6, 6.07) is 32.1. The van der Waals surface area contributed by atoms with Gasteiger partial charge in [0.25, 0.3) is 0 Å². The van der Waals surface area contributed by atoms with Gasteiger partial charge in [0.1, 0.15) is 23.3 Å². The monoisotopic (exact) mass is 516 g/mol. The van der Waals surface area contributed by atoms with Crippen LogP contribution in [0, 0.1) is 36.5 Å². The van der Waals surface area contributed by atoms with E-state index in [1.165, 1.54) is 0 Å². The predicted molar refractivity (Wildman–Crippen MR) is 157 cm³/mol. The van der Waals surface area contributed by atoms with E-state index < -0.39 is 0 Å². The molecular formula is C34H24N6. The molecule has 0 bridgehead atoms. The lowest BCUT2D eigenvalue weighted by Gasteiger charge is -2.05. The van der Waals surface area contributed by atoms with Crippen LogP contribution in [0.1, 0.15) is 22.5 Å². The van der Waals surface area contributed by atoms with Crippen molar-refractivity contribution in [2.45, 2.75) is 13.8 Å². The zero-order valence-corrected chi connectivity index (χ0v) is 22.0. The molecule has 190 valence electrons. The molecule has 0 aliphatic carbocycles. The van der Waals surface area contributed by atoms with Crippen LogP contribution in [0.15, 0.2) is 97.3 Å². The van der Waals surface area contributed by atoms with Crippen molar-refractivity contribution in [2.24, 2.45) is 0 Å². The molecule has 0 amide bonds. The van der Waals surface area contributed by atoms with Gasteiger partial charge in [0.2, 0.25) is 0 Å². The number of benzene rings is 2. The van der Waals surface area contributed by atoms with Crippen LogP contribution in [0.3, 0.4) is 0 Å². The van der Waals surface area contributed by atoms with Crippen molar-refractivity contribution in [1.82, 2.24) is 19.9 Å². The second-order valence-corrected chi connectivity index (χ2v) is 9.53. The van der Waals surface area contributed by atoms with Gasteiger partial charge >= 0.3 is 0 Å². The molecule has 6 rings (SSSR count). The third-order valence-corrected chi connectivity index (χ3v) is 7.14. The largest absolute Gasteiger partial charge is 0.353 e. The average molecular weight is 517 g/mol. The fraction of sp³-hybridized carbons (Fsp3) is 0.0588. The topological polar surface area (TPSA) is 105 Å². The molecule has 0 atom stereocenters. The molecule has 4 aromatic heterocycles. The smallest absolute Gasteiger partial charge is 0.104 e. The zero-order valence-electron chi connectivity index (χ0n) is 22.0. The number of H-pyrrole nitrogens is 2. The normalized spacial score (nSPS) is 12.5. The molecule has 0 saturated carbocycles. The van der Waals surface area contributed by atoms with Crippen LogP contribution in [0.2, 0.25) is 0 Å². The number of aryl methyl sites for hydroxylation is 2. The van der Waals surface area contributed by atoms with Crippen LogP contribution in [0.25, 0.3) is 44.4 Å². The van der Waals surface area contributed by atoms with Gasteiger partial charge in [-0.15, -0.1) is 0 Å². The fourth-order valence-corrected chi connectivity index (χ4v) is 5.24. The third kappa shape index (κ3) is 4.05. The molecular weight excluding hydrogens is 492 g/mol. The highest BCUT2D eigenvalue weighted by atomic mass is 14.8. The Morgan fingerprint density at radius 2 is 0.975 bits per heavy atom. The Bertz CT molecular complexity index is 1930. The molecule has 0 fully saturated rings. The fourth-order valence-electron chi connectivity index (χ4n) is 5.24. The number of rotatable bonds is 4. The molecule has 2 aromatic carbocycles. The van der Waals surface area contributed by atoms with Gasteiger partial charge in [-0.1, -0.05) is 60.7 Å². The molecule has 40 heavy (non-hydrogen) atoms. The van der Waals surface area contributed by atoms with Crippen molar-refractivity contribution in [1.29, 1.82) is 10.5 Å². The molecule has 6 nitrogen and oxygen atoms in total. The van der Waals surface area contributed by atoms with Crippen molar-refractivity contribution in [3.05, 3.63) is 131 Å². The maximum atomic E-state index is 10.5. The van der Waals surface area contributed by atoms with Gasteiger partial charge in [-0.3, -0.25) is 9.97 Å². The van der Waals surface area contributed by atoms with Gasteiger partial charge in [-0.2, -0.15) is 10.5 Å². The predicted octanol–water partition coefficient (Wildman–Crippen LogP) is 5.68. The second kappa shape index (κ2) is 10.2. The number of aromatic amines is 2. The van der Waals surface area contributed by atoms with E-state index in [9.17, 15) is 10.5 Å². The SMILES string of the molecule is Cc1ccccc1-c1[nH]c(=C(C#N)c2ccccn2)c2c(-c3ccccc3C)[nH]c(=C(C#N)c3ccccn3)c12. The van der Waals surface area contributed by atoms with E-state index in [-0.39, 0.29) is 0 Å². The van der Waals surface area contributed by atoms with Gasteiger partial charge in [0.15, 0.2) is 0 Å². The first-order valence-corrected chi connectivity index (χ1v) is 12.9. The number of pyridine rings is 2. The lowest BCUT2D eigenvalue weighted by Crippen LogP contribution is -2.11. The van der Waals surface area contributed by atoms with E-state index in [1.54, 1.807) is 12.4 Å². The minimum atomic E-state index is 0.419. The Labute approximate surface area is 231 Å². The minimum Gasteiger partial charge on any atom is -0.353 e. The molecule has 4 heterocycles. The van der Waals surface area contributed by atoms with Crippen molar-refractivity contribution >= 4 is 21.9 Å². The average Bonchev–Trinajstić information content (AvgIpc) is 3.55. The molecule has 0 aliphatic heterocycles. The van der Waals surface area contributed by atoms with E-state index >= 15 is 0 Å². The van der Waals surface area contributed by atoms with Crippen LogP contribution >= 0.6 is 0 Å². The Balaban J connectivity index is 1.93. The number of hydrogen-bond donors (Lipinski definition) is 2. The molecule has 0 saturated heterocycles. The van der Waals surface area contributed by atoms with Gasteiger partial charge in [0.05, 0.1) is 33.5 Å². The molecule has 6 heteroatoms. The van der Waals surface area contributed by atoms with Crippen molar-refractivity contribution in [3.63, 3.8) is 0 Å². The number of fused-ring (bicyclic) bond motifs is 1.